The van der Waals surface area contributed by atoms with Gasteiger partial charge >= 0.3 is 17.3 Å². The Balaban J connectivity index is 2.48. The van der Waals surface area contributed by atoms with Gasteiger partial charge in [-0.1, -0.05) is 42.4 Å². The van der Waals surface area contributed by atoms with Crippen molar-refractivity contribution >= 4 is 29.3 Å². The van der Waals surface area contributed by atoms with Crippen LogP contribution in [0.3, 0.4) is 0 Å². The summed E-state index contributed by atoms with van der Waals surface area (Å²) >= 11 is 7.23. The minimum Gasteiger partial charge on any atom is -0.469 e. The molecule has 2 atom stereocenters. The lowest BCUT2D eigenvalue weighted by molar-refractivity contribution is -0.156. The molecular weight excluding hydrogens is 446 g/mol. The zero-order valence-corrected chi connectivity index (χ0v) is 19.4. The lowest BCUT2D eigenvalue weighted by Crippen LogP contribution is -2.46. The van der Waals surface area contributed by atoms with E-state index in [-0.39, 0.29) is 19.9 Å². The van der Waals surface area contributed by atoms with E-state index in [1.165, 1.54) is 30.5 Å². The number of hydrogen-bond donors (Lipinski definition) is 0. The Labute approximate surface area is 189 Å². The third kappa shape index (κ3) is 6.67. The molecule has 0 fully saturated rings. The molecule has 1 heterocycles. The number of rotatable bonds is 11. The van der Waals surface area contributed by atoms with E-state index in [4.69, 9.17) is 25.8 Å². The molecule has 0 saturated carbocycles. The van der Waals surface area contributed by atoms with Crippen LogP contribution in [-0.4, -0.2) is 53.0 Å². The number of nitrogens with zero attached hydrogens (tertiary/aromatic N) is 3. The molecule has 0 N–H and O–H groups in total. The second-order valence-electron chi connectivity index (χ2n) is 6.62. The van der Waals surface area contributed by atoms with Crippen LogP contribution in [0.4, 0.5) is 0 Å². The van der Waals surface area contributed by atoms with Gasteiger partial charge in [0.2, 0.25) is 0 Å². The molecule has 0 bridgehead atoms. The topological polar surface area (TPSA) is 102 Å². The number of carbonyl (C=O) groups excluding carboxylic acids is 1. The molecule has 2 rings (SSSR count). The second-order valence-corrected chi connectivity index (χ2v) is 8.29. The summed E-state index contributed by atoms with van der Waals surface area (Å²) in [6.45, 7) is 3.46. The number of esters is 1. The van der Waals surface area contributed by atoms with Gasteiger partial charge < -0.3 is 14.2 Å². The monoisotopic (exact) mass is 471 g/mol. The number of thioether (sulfide) groups is 1. The average Bonchev–Trinajstić information content (AvgIpc) is 2.75. The Morgan fingerprint density at radius 2 is 1.87 bits per heavy atom. The number of halogens is 1. The van der Waals surface area contributed by atoms with E-state index >= 15 is 0 Å². The fraction of sp³-hybridized carbons (Fsp3) is 0.500. The van der Waals surface area contributed by atoms with Crippen molar-refractivity contribution in [3.63, 3.8) is 0 Å². The predicted molar refractivity (Wildman–Crippen MR) is 118 cm³/mol. The van der Waals surface area contributed by atoms with Crippen LogP contribution in [0.2, 0.25) is 5.02 Å². The first kappa shape index (κ1) is 25.1. The molecule has 11 heteroatoms. The van der Waals surface area contributed by atoms with Gasteiger partial charge in [0.1, 0.15) is 12.7 Å². The average molecular weight is 472 g/mol. The molecule has 2 unspecified atom stereocenters. The second kappa shape index (κ2) is 12.0. The molecule has 9 nitrogen and oxygen atoms in total. The summed E-state index contributed by atoms with van der Waals surface area (Å²) < 4.78 is 17.5. The van der Waals surface area contributed by atoms with Gasteiger partial charge in [-0.3, -0.25) is 9.36 Å². The summed E-state index contributed by atoms with van der Waals surface area (Å²) in [6, 6.07) is 7.03. The molecule has 0 radical (unpaired) electrons. The molecule has 0 aliphatic carbocycles. The highest BCUT2D eigenvalue weighted by Crippen LogP contribution is 2.16. The molecule has 31 heavy (non-hydrogen) atoms. The SMILES string of the molecule is CCSc1nc(=O)n(CC(C(=O)OC)C(C)OCOC)c(=O)n1Cc1ccc(Cl)cc1. The van der Waals surface area contributed by atoms with Crippen LogP contribution in [-0.2, 0) is 32.1 Å². The predicted octanol–water partition coefficient (Wildman–Crippen LogP) is 2.02. The Morgan fingerprint density at radius 3 is 2.45 bits per heavy atom. The van der Waals surface area contributed by atoms with E-state index in [0.717, 1.165) is 10.1 Å². The maximum atomic E-state index is 13.3. The number of ether oxygens (including phenoxy) is 3. The van der Waals surface area contributed by atoms with E-state index in [1.807, 2.05) is 6.92 Å². The molecule has 0 spiro atoms. The first-order valence-corrected chi connectivity index (χ1v) is 11.0. The van der Waals surface area contributed by atoms with Crippen LogP contribution >= 0.6 is 23.4 Å². The third-order valence-electron chi connectivity index (χ3n) is 4.54. The minimum atomic E-state index is -0.902. The number of hydrogen-bond acceptors (Lipinski definition) is 8. The Hall–Kier alpha value is -2.14. The normalized spacial score (nSPS) is 13.1. The van der Waals surface area contributed by atoms with Gasteiger partial charge in [0.05, 0.1) is 19.8 Å². The summed E-state index contributed by atoms with van der Waals surface area (Å²) in [5.74, 6) is -0.879. The molecule has 0 amide bonds. The van der Waals surface area contributed by atoms with Crippen molar-refractivity contribution < 1.29 is 19.0 Å². The summed E-state index contributed by atoms with van der Waals surface area (Å²) in [7, 11) is 2.69. The van der Waals surface area contributed by atoms with E-state index in [2.05, 4.69) is 4.98 Å². The molecule has 170 valence electrons. The first-order chi connectivity index (χ1) is 14.8. The van der Waals surface area contributed by atoms with E-state index in [0.29, 0.717) is 15.9 Å². The zero-order valence-electron chi connectivity index (χ0n) is 17.9. The van der Waals surface area contributed by atoms with Gasteiger partial charge in [-0.25, -0.2) is 14.2 Å². The van der Waals surface area contributed by atoms with E-state index in [9.17, 15) is 14.4 Å². The van der Waals surface area contributed by atoms with Crippen molar-refractivity contribution in [2.45, 2.75) is 38.2 Å². The van der Waals surface area contributed by atoms with Crippen molar-refractivity contribution in [1.82, 2.24) is 14.1 Å². The molecule has 1 aromatic heterocycles. The third-order valence-corrected chi connectivity index (χ3v) is 5.65. The molecule has 1 aromatic carbocycles. The highest BCUT2D eigenvalue weighted by molar-refractivity contribution is 7.99. The molecule has 0 aliphatic heterocycles. The quantitative estimate of drug-likeness (QED) is 0.278. The van der Waals surface area contributed by atoms with E-state index in [1.54, 1.807) is 31.2 Å². The van der Waals surface area contributed by atoms with Crippen LogP contribution in [0.15, 0.2) is 39.0 Å². The number of methoxy groups -OCH3 is 2. The lowest BCUT2D eigenvalue weighted by atomic mass is 10.0. The highest BCUT2D eigenvalue weighted by Gasteiger charge is 2.29. The number of benzene rings is 1. The van der Waals surface area contributed by atoms with Crippen LogP contribution < -0.4 is 11.4 Å². The molecule has 2 aromatic rings. The zero-order chi connectivity index (χ0) is 23.0. The lowest BCUT2D eigenvalue weighted by Gasteiger charge is -2.22. The Bertz CT molecular complexity index is 992. The van der Waals surface area contributed by atoms with Gasteiger partial charge in [0.15, 0.2) is 5.16 Å². The van der Waals surface area contributed by atoms with Crippen molar-refractivity contribution in [2.75, 3.05) is 26.8 Å². The number of aromatic nitrogens is 3. The maximum Gasteiger partial charge on any atom is 0.354 e. The maximum absolute atomic E-state index is 13.3. The van der Waals surface area contributed by atoms with Gasteiger partial charge in [-0.05, 0) is 30.4 Å². The Kier molecular flexibility index (Phi) is 9.76. The summed E-state index contributed by atoms with van der Waals surface area (Å²) in [5, 5.41) is 0.885. The minimum absolute atomic E-state index is 0.0469. The number of carbonyl (C=O) groups is 1. The standard InChI is InChI=1S/C20H26ClN3O6S/c1-5-31-19-22-18(26)23(11-16(17(25)29-4)13(2)30-12-28-3)20(27)24(19)10-14-6-8-15(21)9-7-14/h6-9,13,16H,5,10-12H2,1-4H3. The van der Waals surface area contributed by atoms with Crippen molar-refractivity contribution in [3.05, 3.63) is 55.8 Å². The van der Waals surface area contributed by atoms with Crippen LogP contribution in [0, 0.1) is 5.92 Å². The van der Waals surface area contributed by atoms with Gasteiger partial charge in [-0.15, -0.1) is 0 Å². The smallest absolute Gasteiger partial charge is 0.354 e. The first-order valence-electron chi connectivity index (χ1n) is 9.59. The Morgan fingerprint density at radius 1 is 1.19 bits per heavy atom. The molecule has 0 aliphatic rings. The van der Waals surface area contributed by atoms with E-state index < -0.39 is 29.4 Å². The summed E-state index contributed by atoms with van der Waals surface area (Å²) in [5.41, 5.74) is -0.488. The van der Waals surface area contributed by atoms with Crippen molar-refractivity contribution in [1.29, 1.82) is 0 Å². The van der Waals surface area contributed by atoms with Gasteiger partial charge in [0.25, 0.3) is 0 Å². The fourth-order valence-corrected chi connectivity index (χ4v) is 3.69. The van der Waals surface area contributed by atoms with Crippen LogP contribution in [0.1, 0.15) is 19.4 Å². The molecule has 0 saturated heterocycles. The fourth-order valence-electron chi connectivity index (χ4n) is 2.87. The largest absolute Gasteiger partial charge is 0.469 e. The summed E-state index contributed by atoms with van der Waals surface area (Å²) in [6.07, 6.45) is -0.659. The molecular formula is C20H26ClN3O6S. The summed E-state index contributed by atoms with van der Waals surface area (Å²) in [4.78, 5) is 42.3. The van der Waals surface area contributed by atoms with Gasteiger partial charge in [0, 0.05) is 18.7 Å². The highest BCUT2D eigenvalue weighted by atomic mass is 35.5. The van der Waals surface area contributed by atoms with Gasteiger partial charge in [-0.2, -0.15) is 4.98 Å². The van der Waals surface area contributed by atoms with Crippen LogP contribution in [0.5, 0.6) is 0 Å². The van der Waals surface area contributed by atoms with Crippen molar-refractivity contribution in [2.24, 2.45) is 5.92 Å². The van der Waals surface area contributed by atoms with Crippen LogP contribution in [0.25, 0.3) is 0 Å². The van der Waals surface area contributed by atoms with Crippen molar-refractivity contribution in [3.8, 4) is 0 Å².